The van der Waals surface area contributed by atoms with Crippen LogP contribution in [0.15, 0.2) is 89.3 Å². The summed E-state index contributed by atoms with van der Waals surface area (Å²) in [6.07, 6.45) is 0. The van der Waals surface area contributed by atoms with Gasteiger partial charge in [-0.15, -0.1) is 32.8 Å². The molecule has 246 valence electrons. The molecule has 0 saturated carbocycles. The number of aromatic nitrogens is 4. The van der Waals surface area contributed by atoms with Crippen LogP contribution in [-0.4, -0.2) is 98.0 Å². The van der Waals surface area contributed by atoms with Crippen molar-refractivity contribution in [2.45, 2.75) is 0 Å². The van der Waals surface area contributed by atoms with E-state index in [4.69, 9.17) is 19.4 Å². The molecule has 3 heterocycles. The average Bonchev–Trinajstić information content (AvgIpc) is 3.74. The van der Waals surface area contributed by atoms with Gasteiger partial charge < -0.3 is 8.98 Å². The maximum atomic E-state index is 7.06. The first kappa shape index (κ1) is 34.4. The Morgan fingerprint density at radius 3 is 1.26 bits per heavy atom. The highest BCUT2D eigenvalue weighted by molar-refractivity contribution is 6.69. The van der Waals surface area contributed by atoms with Crippen LogP contribution in [0.25, 0.3) is 83.6 Å². The molecule has 0 aliphatic carbocycles. The van der Waals surface area contributed by atoms with Crippen LogP contribution >= 0.6 is 0 Å². The summed E-state index contributed by atoms with van der Waals surface area (Å²) in [5.74, 6) is 1.97. The Bertz CT molecular complexity index is 2880. The molecule has 0 saturated heterocycles. The maximum absolute atomic E-state index is 7.06. The minimum Gasteiger partial charge on any atom is -0.453 e. The number of furan rings is 1. The van der Waals surface area contributed by atoms with E-state index in [-0.39, 0.29) is 0 Å². The lowest BCUT2D eigenvalue weighted by Gasteiger charge is -2.22. The van der Waals surface area contributed by atoms with E-state index in [1.54, 1.807) is 0 Å². The molecule has 5 nitrogen and oxygen atoms in total. The zero-order valence-corrected chi connectivity index (χ0v) is 32.8. The molecular weight excluding hydrogens is 649 g/mol. The SMILES string of the molecule is Bc1c(B)c(B)c(-c2nc(-c3c(B)c(B)c(B)c(B)c3B)nc(-c3cccc4c3oc3c(-n5c6ccccc6c6ccccc65)cccc34)n2)c(B)c1B. The van der Waals surface area contributed by atoms with Crippen molar-refractivity contribution in [2.75, 3.05) is 0 Å². The van der Waals surface area contributed by atoms with Gasteiger partial charge in [-0.1, -0.05) is 82.5 Å². The van der Waals surface area contributed by atoms with Crippen molar-refractivity contribution >= 4 is 177 Å². The summed E-state index contributed by atoms with van der Waals surface area (Å²) < 4.78 is 9.39. The zero-order valence-electron chi connectivity index (χ0n) is 32.8. The molecular formula is C39H34B10N4O. The van der Waals surface area contributed by atoms with Crippen molar-refractivity contribution in [3.05, 3.63) is 84.9 Å². The van der Waals surface area contributed by atoms with E-state index < -0.39 is 0 Å². The van der Waals surface area contributed by atoms with E-state index in [2.05, 4.69) is 168 Å². The summed E-state index contributed by atoms with van der Waals surface area (Å²) in [7, 11) is 22.0. The molecule has 0 amide bonds. The fourth-order valence-electron chi connectivity index (χ4n) is 8.73. The standard InChI is InChI=1S/C39H34B10N4O/c40-25-23(26(41)30(45)33(48)29(25)44)38-50-37(51-39(52-38)24-27(42)31(46)34(49)32(47)28(24)43)19-11-5-9-17-18-10-6-14-22(36(18)54-35(17)19)53-20-12-3-1-7-15(20)16-8-2-4-13-21(16)53/h1-14H,40-49H2. The van der Waals surface area contributed by atoms with Crippen molar-refractivity contribution in [3.63, 3.8) is 0 Å². The minimum absolute atomic E-state index is 0.599. The fourth-order valence-corrected chi connectivity index (χ4v) is 8.73. The largest absolute Gasteiger partial charge is 0.453 e. The van der Waals surface area contributed by atoms with Gasteiger partial charge in [0.1, 0.15) is 84.0 Å². The third-order valence-corrected chi connectivity index (χ3v) is 12.6. The van der Waals surface area contributed by atoms with Gasteiger partial charge in [0, 0.05) is 32.7 Å². The van der Waals surface area contributed by atoms with E-state index >= 15 is 0 Å². The molecule has 0 fully saturated rings. The number of hydrogen-bond donors (Lipinski definition) is 0. The number of rotatable bonds is 4. The summed E-state index contributed by atoms with van der Waals surface area (Å²) in [5.41, 5.74) is 20.3. The van der Waals surface area contributed by atoms with Crippen LogP contribution < -0.4 is 54.6 Å². The summed E-state index contributed by atoms with van der Waals surface area (Å²) >= 11 is 0. The highest BCUT2D eigenvalue weighted by atomic mass is 16.3. The molecule has 54 heavy (non-hydrogen) atoms. The molecule has 0 aliphatic heterocycles. The van der Waals surface area contributed by atoms with E-state index in [0.717, 1.165) is 55.3 Å². The second kappa shape index (κ2) is 12.6. The van der Waals surface area contributed by atoms with E-state index in [9.17, 15) is 0 Å². The molecule has 9 aromatic rings. The smallest absolute Gasteiger partial charge is 0.167 e. The molecule has 0 unspecified atom stereocenters. The van der Waals surface area contributed by atoms with Crippen LogP contribution in [0.1, 0.15) is 0 Å². The Labute approximate surface area is 324 Å². The Hall–Kier alpha value is -5.42. The van der Waals surface area contributed by atoms with Crippen molar-refractivity contribution in [3.8, 4) is 39.9 Å². The summed E-state index contributed by atoms with van der Waals surface area (Å²) in [6.45, 7) is 0. The Morgan fingerprint density at radius 2 is 0.759 bits per heavy atom. The Kier molecular flexibility index (Phi) is 8.00. The third kappa shape index (κ3) is 4.90. The topological polar surface area (TPSA) is 56.7 Å². The predicted octanol–water partition coefficient (Wildman–Crippen LogP) is -7.55. The molecule has 0 N–H and O–H groups in total. The molecule has 6 aromatic carbocycles. The number of benzene rings is 6. The van der Waals surface area contributed by atoms with Crippen molar-refractivity contribution in [1.29, 1.82) is 0 Å². The number of para-hydroxylation sites is 4. The molecule has 15 heteroatoms. The minimum atomic E-state index is 0.599. The summed E-state index contributed by atoms with van der Waals surface area (Å²) in [5, 5.41) is 4.50. The summed E-state index contributed by atoms with van der Waals surface area (Å²) in [4.78, 5) is 16.0. The number of nitrogens with zero attached hydrogens (tertiary/aromatic N) is 4. The van der Waals surface area contributed by atoms with Crippen molar-refractivity contribution in [1.82, 2.24) is 19.5 Å². The lowest BCUT2D eigenvalue weighted by Crippen LogP contribution is -2.55. The zero-order chi connectivity index (χ0) is 37.7. The quantitative estimate of drug-likeness (QED) is 0.173. The lowest BCUT2D eigenvalue weighted by molar-refractivity contribution is 0.667. The first-order chi connectivity index (χ1) is 26.0. The molecule has 3 aromatic heterocycles. The van der Waals surface area contributed by atoms with Crippen LogP contribution in [0.3, 0.4) is 0 Å². The Balaban J connectivity index is 1.36. The van der Waals surface area contributed by atoms with Crippen molar-refractivity contribution < 1.29 is 4.42 Å². The van der Waals surface area contributed by atoms with Crippen LogP contribution in [0.2, 0.25) is 0 Å². The van der Waals surface area contributed by atoms with Gasteiger partial charge in [0.25, 0.3) is 0 Å². The van der Waals surface area contributed by atoms with Gasteiger partial charge in [0.15, 0.2) is 23.1 Å². The number of hydrogen-bond acceptors (Lipinski definition) is 4. The fraction of sp³-hybridized carbons (Fsp3) is 0. The first-order valence-electron chi connectivity index (χ1n) is 18.8. The summed E-state index contributed by atoms with van der Waals surface area (Å²) in [6, 6.07) is 29.9. The van der Waals surface area contributed by atoms with Gasteiger partial charge in [-0.2, -0.15) is 0 Å². The van der Waals surface area contributed by atoms with Gasteiger partial charge in [-0.3, -0.25) is 0 Å². The molecule has 0 atom stereocenters. The van der Waals surface area contributed by atoms with Crippen LogP contribution in [0.5, 0.6) is 0 Å². The monoisotopic (exact) mass is 684 g/mol. The van der Waals surface area contributed by atoms with E-state index in [0.29, 0.717) is 17.5 Å². The highest BCUT2D eigenvalue weighted by Crippen LogP contribution is 2.40. The molecule has 0 spiro atoms. The van der Waals surface area contributed by atoms with Gasteiger partial charge in [-0.05, 0) is 24.3 Å². The predicted molar refractivity (Wildman–Crippen MR) is 260 cm³/mol. The van der Waals surface area contributed by atoms with Crippen LogP contribution in [0, 0.1) is 0 Å². The van der Waals surface area contributed by atoms with Crippen LogP contribution in [-0.2, 0) is 0 Å². The molecule has 0 bridgehead atoms. The molecule has 0 radical (unpaired) electrons. The van der Waals surface area contributed by atoms with E-state index in [1.807, 2.05) is 0 Å². The van der Waals surface area contributed by atoms with Gasteiger partial charge in [0.05, 0.1) is 22.3 Å². The Morgan fingerprint density at radius 1 is 0.370 bits per heavy atom. The second-order valence-electron chi connectivity index (χ2n) is 15.1. The molecule has 9 rings (SSSR count). The average molecular weight is 683 g/mol. The normalized spacial score (nSPS) is 11.7. The highest BCUT2D eigenvalue weighted by Gasteiger charge is 2.24. The van der Waals surface area contributed by atoms with Gasteiger partial charge >= 0.3 is 0 Å². The maximum Gasteiger partial charge on any atom is 0.167 e. The molecule has 0 aliphatic rings. The first-order valence-corrected chi connectivity index (χ1v) is 18.8. The van der Waals surface area contributed by atoms with Crippen LogP contribution in [0.4, 0.5) is 0 Å². The van der Waals surface area contributed by atoms with Crippen molar-refractivity contribution in [2.24, 2.45) is 0 Å². The van der Waals surface area contributed by atoms with E-state index in [1.165, 1.54) is 65.4 Å². The third-order valence-electron chi connectivity index (χ3n) is 12.6. The van der Waals surface area contributed by atoms with Gasteiger partial charge in [-0.25, -0.2) is 15.0 Å². The lowest BCUT2D eigenvalue weighted by atomic mass is 9.60. The second-order valence-corrected chi connectivity index (χ2v) is 15.1. The number of fused-ring (bicyclic) bond motifs is 6. The van der Waals surface area contributed by atoms with Gasteiger partial charge in [0.2, 0.25) is 0 Å².